The van der Waals surface area contributed by atoms with Crippen LogP contribution < -0.4 is 0 Å². The van der Waals surface area contributed by atoms with E-state index in [1.165, 1.54) is 0 Å². The molecule has 0 bridgehead atoms. The second-order valence-electron chi connectivity index (χ2n) is 3.99. The molecule has 4 heteroatoms. The average Bonchev–Trinajstić information content (AvgIpc) is 2.40. The van der Waals surface area contributed by atoms with Crippen LogP contribution in [0.25, 0.3) is 0 Å². The molecule has 0 radical (unpaired) electrons. The highest BCUT2D eigenvalue weighted by Gasteiger charge is 2.33. The predicted octanol–water partition coefficient (Wildman–Crippen LogP) is 1.31. The van der Waals surface area contributed by atoms with Crippen molar-refractivity contribution >= 4 is 17.3 Å². The molecule has 0 spiro atoms. The SMILES string of the molecule is CCOCCC(=O)C1C(=O)CCCCC1=O. The largest absolute Gasteiger partial charge is 0.381 e. The van der Waals surface area contributed by atoms with Gasteiger partial charge in [-0.2, -0.15) is 0 Å². The Hall–Kier alpha value is -1.03. The molecule has 0 aliphatic heterocycles. The third-order valence-electron chi connectivity index (χ3n) is 2.76. The maximum Gasteiger partial charge on any atom is 0.153 e. The van der Waals surface area contributed by atoms with Gasteiger partial charge in [-0.3, -0.25) is 14.4 Å². The summed E-state index contributed by atoms with van der Waals surface area (Å²) in [6, 6.07) is 0. The zero-order valence-electron chi connectivity index (χ0n) is 9.66. The first kappa shape index (κ1) is 13.0. The first-order valence-corrected chi connectivity index (χ1v) is 5.82. The first-order valence-electron chi connectivity index (χ1n) is 5.82. The van der Waals surface area contributed by atoms with Crippen LogP contribution in [0.5, 0.6) is 0 Å². The maximum atomic E-state index is 11.7. The van der Waals surface area contributed by atoms with E-state index in [4.69, 9.17) is 4.74 Å². The molecule has 0 atom stereocenters. The van der Waals surface area contributed by atoms with Crippen LogP contribution in [-0.4, -0.2) is 30.6 Å². The molecule has 0 saturated heterocycles. The van der Waals surface area contributed by atoms with Gasteiger partial charge in [0, 0.05) is 25.9 Å². The monoisotopic (exact) mass is 226 g/mol. The van der Waals surface area contributed by atoms with E-state index in [0.717, 1.165) is 12.8 Å². The number of Topliss-reactive ketones (excluding diaryl/α,β-unsaturated/α-hetero) is 3. The predicted molar refractivity (Wildman–Crippen MR) is 58.1 cm³/mol. The Bertz CT molecular complexity index is 265. The number of ketones is 3. The summed E-state index contributed by atoms with van der Waals surface area (Å²) in [7, 11) is 0. The highest BCUT2D eigenvalue weighted by atomic mass is 16.5. The molecule has 0 N–H and O–H groups in total. The Morgan fingerprint density at radius 2 is 1.81 bits per heavy atom. The number of hydrogen-bond acceptors (Lipinski definition) is 4. The molecule has 0 heterocycles. The Morgan fingerprint density at radius 1 is 1.25 bits per heavy atom. The van der Waals surface area contributed by atoms with Gasteiger partial charge in [-0.25, -0.2) is 0 Å². The number of ether oxygens (including phenoxy) is 1. The smallest absolute Gasteiger partial charge is 0.153 e. The molecule has 1 fully saturated rings. The number of carbonyl (C=O) groups excluding carboxylic acids is 3. The Labute approximate surface area is 95.3 Å². The average molecular weight is 226 g/mol. The zero-order valence-corrected chi connectivity index (χ0v) is 9.66. The van der Waals surface area contributed by atoms with Crippen molar-refractivity contribution in [2.24, 2.45) is 5.92 Å². The van der Waals surface area contributed by atoms with Crippen molar-refractivity contribution in [2.45, 2.75) is 39.0 Å². The van der Waals surface area contributed by atoms with Crippen LogP contribution in [0.15, 0.2) is 0 Å². The maximum absolute atomic E-state index is 11.7. The highest BCUT2D eigenvalue weighted by Crippen LogP contribution is 2.19. The van der Waals surface area contributed by atoms with Gasteiger partial charge in [0.05, 0.1) is 6.61 Å². The molecule has 0 aromatic heterocycles. The molecule has 1 saturated carbocycles. The second kappa shape index (κ2) is 6.53. The molecule has 0 aromatic carbocycles. The van der Waals surface area contributed by atoms with Crippen LogP contribution in [0, 0.1) is 5.92 Å². The standard InChI is InChI=1S/C12H18O4/c1-2-16-8-7-11(15)12-9(13)5-3-4-6-10(12)14/h12H,2-8H2,1H3. The molecule has 1 rings (SSSR count). The summed E-state index contributed by atoms with van der Waals surface area (Å²) in [6.07, 6.45) is 2.32. The fourth-order valence-corrected chi connectivity index (χ4v) is 1.89. The zero-order chi connectivity index (χ0) is 12.0. The minimum Gasteiger partial charge on any atom is -0.381 e. The van der Waals surface area contributed by atoms with Gasteiger partial charge >= 0.3 is 0 Å². The molecule has 0 amide bonds. The second-order valence-corrected chi connectivity index (χ2v) is 3.99. The summed E-state index contributed by atoms with van der Waals surface area (Å²) in [5.74, 6) is -1.68. The normalized spacial score (nSPS) is 18.6. The lowest BCUT2D eigenvalue weighted by molar-refractivity contribution is -0.139. The van der Waals surface area contributed by atoms with Crippen molar-refractivity contribution in [1.29, 1.82) is 0 Å². The van der Waals surface area contributed by atoms with Gasteiger partial charge < -0.3 is 4.74 Å². The molecule has 0 aromatic rings. The molecular weight excluding hydrogens is 208 g/mol. The first-order chi connectivity index (χ1) is 7.66. The molecule has 1 aliphatic carbocycles. The molecular formula is C12H18O4. The van der Waals surface area contributed by atoms with Gasteiger partial charge in [0.25, 0.3) is 0 Å². The van der Waals surface area contributed by atoms with Gasteiger partial charge in [-0.1, -0.05) is 0 Å². The third-order valence-corrected chi connectivity index (χ3v) is 2.76. The molecule has 16 heavy (non-hydrogen) atoms. The van der Waals surface area contributed by atoms with E-state index >= 15 is 0 Å². The van der Waals surface area contributed by atoms with Crippen molar-refractivity contribution in [3.8, 4) is 0 Å². The third kappa shape index (κ3) is 3.52. The van der Waals surface area contributed by atoms with Gasteiger partial charge in [0.2, 0.25) is 0 Å². The Kier molecular flexibility index (Phi) is 5.32. The van der Waals surface area contributed by atoms with Gasteiger partial charge in [0.15, 0.2) is 17.3 Å². The van der Waals surface area contributed by atoms with Crippen LogP contribution in [0.1, 0.15) is 39.0 Å². The fourth-order valence-electron chi connectivity index (χ4n) is 1.89. The Balaban J connectivity index is 2.56. The summed E-state index contributed by atoms with van der Waals surface area (Å²) < 4.78 is 5.05. The van der Waals surface area contributed by atoms with Crippen molar-refractivity contribution in [2.75, 3.05) is 13.2 Å². The summed E-state index contributed by atoms with van der Waals surface area (Å²) in [5, 5.41) is 0. The van der Waals surface area contributed by atoms with E-state index in [-0.39, 0.29) is 23.8 Å². The summed E-state index contributed by atoms with van der Waals surface area (Å²) in [4.78, 5) is 35.0. The van der Waals surface area contributed by atoms with Crippen LogP contribution in [0.3, 0.4) is 0 Å². The quantitative estimate of drug-likeness (QED) is 0.403. The van der Waals surface area contributed by atoms with Gasteiger partial charge in [0.1, 0.15) is 5.92 Å². The van der Waals surface area contributed by atoms with Crippen molar-refractivity contribution < 1.29 is 19.1 Å². The van der Waals surface area contributed by atoms with Crippen LogP contribution >= 0.6 is 0 Å². The molecule has 4 nitrogen and oxygen atoms in total. The number of carbonyl (C=O) groups is 3. The minimum atomic E-state index is -0.997. The molecule has 90 valence electrons. The summed E-state index contributed by atoms with van der Waals surface area (Å²) in [6.45, 7) is 2.68. The van der Waals surface area contributed by atoms with Gasteiger partial charge in [-0.15, -0.1) is 0 Å². The van der Waals surface area contributed by atoms with Crippen molar-refractivity contribution in [1.82, 2.24) is 0 Å². The lowest BCUT2D eigenvalue weighted by Gasteiger charge is -2.10. The number of hydrogen-bond donors (Lipinski definition) is 0. The Morgan fingerprint density at radius 3 is 2.31 bits per heavy atom. The van der Waals surface area contributed by atoms with Crippen LogP contribution in [-0.2, 0) is 19.1 Å². The highest BCUT2D eigenvalue weighted by molar-refractivity contribution is 6.19. The van der Waals surface area contributed by atoms with Gasteiger partial charge in [-0.05, 0) is 19.8 Å². The van der Waals surface area contributed by atoms with E-state index in [2.05, 4.69) is 0 Å². The molecule has 1 aliphatic rings. The minimum absolute atomic E-state index is 0.163. The topological polar surface area (TPSA) is 60.4 Å². The lowest BCUT2D eigenvalue weighted by Crippen LogP contribution is -2.31. The van der Waals surface area contributed by atoms with E-state index in [9.17, 15) is 14.4 Å². The van der Waals surface area contributed by atoms with Crippen molar-refractivity contribution in [3.63, 3.8) is 0 Å². The van der Waals surface area contributed by atoms with E-state index < -0.39 is 5.92 Å². The summed E-state index contributed by atoms with van der Waals surface area (Å²) in [5.41, 5.74) is 0. The van der Waals surface area contributed by atoms with Crippen LogP contribution in [0.4, 0.5) is 0 Å². The van der Waals surface area contributed by atoms with E-state index in [1.807, 2.05) is 6.92 Å². The lowest BCUT2D eigenvalue weighted by atomic mass is 9.91. The summed E-state index contributed by atoms with van der Waals surface area (Å²) >= 11 is 0. The van der Waals surface area contributed by atoms with E-state index in [0.29, 0.717) is 26.1 Å². The van der Waals surface area contributed by atoms with Crippen molar-refractivity contribution in [3.05, 3.63) is 0 Å². The molecule has 0 unspecified atom stereocenters. The van der Waals surface area contributed by atoms with E-state index in [1.54, 1.807) is 0 Å². The fraction of sp³-hybridized carbons (Fsp3) is 0.750. The number of rotatable bonds is 5. The van der Waals surface area contributed by atoms with Crippen LogP contribution in [0.2, 0.25) is 0 Å².